The van der Waals surface area contributed by atoms with Crippen LogP contribution in [0.2, 0.25) is 0 Å². The van der Waals surface area contributed by atoms with E-state index in [0.29, 0.717) is 0 Å². The Hall–Kier alpha value is -1.81. The summed E-state index contributed by atoms with van der Waals surface area (Å²) >= 11 is 0. The van der Waals surface area contributed by atoms with Crippen LogP contribution in [0.5, 0.6) is 0 Å². The molecule has 0 unspecified atom stereocenters. The molecule has 0 saturated heterocycles. The van der Waals surface area contributed by atoms with Crippen LogP contribution in [0.3, 0.4) is 0 Å². The smallest absolute Gasteiger partial charge is 0.0994 e. The Balaban J connectivity index is 2.71. The maximum Gasteiger partial charge on any atom is 0.0994 e. The average molecular weight is 223 g/mol. The van der Waals surface area contributed by atoms with Gasteiger partial charge in [0.2, 0.25) is 0 Å². The average Bonchev–Trinajstić information content (AvgIpc) is 2.28. The first kappa shape index (κ1) is 11.7. The van der Waals surface area contributed by atoms with Gasteiger partial charge in [-0.1, -0.05) is 45.0 Å². The predicted octanol–water partition coefficient (Wildman–Crippen LogP) is 4.32. The summed E-state index contributed by atoms with van der Waals surface area (Å²) in [6, 6.07) is 12.7. The zero-order chi connectivity index (χ0) is 12.6. The Morgan fingerprint density at radius 3 is 2.35 bits per heavy atom. The van der Waals surface area contributed by atoms with Crippen LogP contribution < -0.4 is 0 Å². The fourth-order valence-corrected chi connectivity index (χ4v) is 2.07. The van der Waals surface area contributed by atoms with E-state index in [1.54, 1.807) is 0 Å². The van der Waals surface area contributed by atoms with Crippen molar-refractivity contribution >= 4 is 10.8 Å². The number of hydrogen-bond acceptors (Lipinski definition) is 1. The van der Waals surface area contributed by atoms with Gasteiger partial charge in [0.15, 0.2) is 0 Å². The molecule has 0 aromatic heterocycles. The monoisotopic (exact) mass is 223 g/mol. The molecule has 17 heavy (non-hydrogen) atoms. The van der Waals surface area contributed by atoms with Gasteiger partial charge in [-0.25, -0.2) is 0 Å². The molecule has 2 aromatic rings. The third kappa shape index (κ3) is 2.03. The molecule has 0 fully saturated rings. The van der Waals surface area contributed by atoms with E-state index in [1.807, 2.05) is 19.1 Å². The SMILES string of the molecule is Cc1c(C#N)ccc2cc(C(C)(C)C)ccc12. The zero-order valence-corrected chi connectivity index (χ0v) is 10.8. The summed E-state index contributed by atoms with van der Waals surface area (Å²) in [6.45, 7) is 8.65. The minimum absolute atomic E-state index is 0.163. The molecular formula is C16H17N. The molecule has 0 atom stereocenters. The Kier molecular flexibility index (Phi) is 2.67. The fraction of sp³-hybridized carbons (Fsp3) is 0.312. The number of rotatable bonds is 0. The van der Waals surface area contributed by atoms with Gasteiger partial charge >= 0.3 is 0 Å². The van der Waals surface area contributed by atoms with Crippen molar-refractivity contribution < 1.29 is 0 Å². The zero-order valence-electron chi connectivity index (χ0n) is 10.8. The fourth-order valence-electron chi connectivity index (χ4n) is 2.07. The highest BCUT2D eigenvalue weighted by molar-refractivity contribution is 5.88. The second-order valence-electron chi connectivity index (χ2n) is 5.54. The number of nitriles is 1. The van der Waals surface area contributed by atoms with Crippen molar-refractivity contribution in [3.05, 3.63) is 47.0 Å². The minimum Gasteiger partial charge on any atom is -0.192 e. The molecule has 0 heterocycles. The van der Waals surface area contributed by atoms with Gasteiger partial charge in [0.25, 0.3) is 0 Å². The highest BCUT2D eigenvalue weighted by atomic mass is 14.2. The number of fused-ring (bicyclic) bond motifs is 1. The van der Waals surface area contributed by atoms with Crippen molar-refractivity contribution in [2.24, 2.45) is 0 Å². The van der Waals surface area contributed by atoms with E-state index in [9.17, 15) is 0 Å². The maximum atomic E-state index is 9.01. The molecule has 0 N–H and O–H groups in total. The molecule has 0 spiro atoms. The van der Waals surface area contributed by atoms with Crippen molar-refractivity contribution in [3.8, 4) is 6.07 Å². The standard InChI is InChI=1S/C16H17N/c1-11-13(10-17)6-5-12-9-14(16(2,3)4)7-8-15(11)12/h5-9H,1-4H3. The van der Waals surface area contributed by atoms with E-state index < -0.39 is 0 Å². The third-order valence-electron chi connectivity index (χ3n) is 3.28. The van der Waals surface area contributed by atoms with Crippen LogP contribution in [-0.4, -0.2) is 0 Å². The highest BCUT2D eigenvalue weighted by Crippen LogP contribution is 2.28. The topological polar surface area (TPSA) is 23.8 Å². The highest BCUT2D eigenvalue weighted by Gasteiger charge is 2.14. The Bertz CT molecular complexity index is 610. The van der Waals surface area contributed by atoms with Gasteiger partial charge < -0.3 is 0 Å². The van der Waals surface area contributed by atoms with Crippen LogP contribution in [0.25, 0.3) is 10.8 Å². The largest absolute Gasteiger partial charge is 0.192 e. The van der Waals surface area contributed by atoms with E-state index in [4.69, 9.17) is 5.26 Å². The Morgan fingerprint density at radius 1 is 1.06 bits per heavy atom. The van der Waals surface area contributed by atoms with Crippen molar-refractivity contribution in [1.29, 1.82) is 5.26 Å². The molecule has 0 amide bonds. The summed E-state index contributed by atoms with van der Waals surface area (Å²) < 4.78 is 0. The van der Waals surface area contributed by atoms with Crippen LogP contribution in [0.1, 0.15) is 37.5 Å². The third-order valence-corrected chi connectivity index (χ3v) is 3.28. The number of hydrogen-bond donors (Lipinski definition) is 0. The Morgan fingerprint density at radius 2 is 1.76 bits per heavy atom. The van der Waals surface area contributed by atoms with E-state index >= 15 is 0 Å². The lowest BCUT2D eigenvalue weighted by atomic mass is 9.85. The van der Waals surface area contributed by atoms with Gasteiger partial charge in [0.1, 0.15) is 0 Å². The number of benzene rings is 2. The van der Waals surface area contributed by atoms with E-state index in [0.717, 1.165) is 11.1 Å². The van der Waals surface area contributed by atoms with E-state index in [-0.39, 0.29) is 5.41 Å². The Labute approximate surface area is 103 Å². The molecule has 0 aliphatic heterocycles. The molecule has 1 heteroatoms. The van der Waals surface area contributed by atoms with Crippen LogP contribution in [0, 0.1) is 18.3 Å². The van der Waals surface area contributed by atoms with Crippen molar-refractivity contribution in [2.45, 2.75) is 33.1 Å². The van der Waals surface area contributed by atoms with E-state index in [1.165, 1.54) is 16.3 Å². The molecule has 86 valence electrons. The van der Waals surface area contributed by atoms with Crippen LogP contribution >= 0.6 is 0 Å². The first-order valence-corrected chi connectivity index (χ1v) is 5.87. The summed E-state index contributed by atoms with van der Waals surface area (Å²) in [5.41, 5.74) is 3.33. The second-order valence-corrected chi connectivity index (χ2v) is 5.54. The van der Waals surface area contributed by atoms with Gasteiger partial charge in [-0.2, -0.15) is 5.26 Å². The number of aryl methyl sites for hydroxylation is 1. The lowest BCUT2D eigenvalue weighted by molar-refractivity contribution is 0.591. The van der Waals surface area contributed by atoms with Crippen molar-refractivity contribution in [2.75, 3.05) is 0 Å². The second kappa shape index (κ2) is 3.89. The first-order chi connectivity index (χ1) is 7.93. The summed E-state index contributed by atoms with van der Waals surface area (Å²) in [4.78, 5) is 0. The molecule has 0 bridgehead atoms. The minimum atomic E-state index is 0.163. The summed E-state index contributed by atoms with van der Waals surface area (Å²) in [7, 11) is 0. The van der Waals surface area contributed by atoms with Gasteiger partial charge in [-0.05, 0) is 40.3 Å². The van der Waals surface area contributed by atoms with Crippen LogP contribution in [0.15, 0.2) is 30.3 Å². The molecule has 0 aliphatic rings. The van der Waals surface area contributed by atoms with Crippen LogP contribution in [-0.2, 0) is 5.41 Å². The quantitative estimate of drug-likeness (QED) is 0.652. The molecule has 2 rings (SSSR count). The lowest BCUT2D eigenvalue weighted by Crippen LogP contribution is -2.10. The molecule has 2 aromatic carbocycles. The first-order valence-electron chi connectivity index (χ1n) is 5.87. The molecule has 0 radical (unpaired) electrons. The molecule has 1 nitrogen and oxygen atoms in total. The lowest BCUT2D eigenvalue weighted by Gasteiger charge is -2.19. The van der Waals surface area contributed by atoms with Gasteiger partial charge in [-0.15, -0.1) is 0 Å². The van der Waals surface area contributed by atoms with E-state index in [2.05, 4.69) is 45.0 Å². The number of nitrogens with zero attached hydrogens (tertiary/aromatic N) is 1. The summed E-state index contributed by atoms with van der Waals surface area (Å²) in [5.74, 6) is 0. The van der Waals surface area contributed by atoms with Gasteiger partial charge in [0.05, 0.1) is 11.6 Å². The summed E-state index contributed by atoms with van der Waals surface area (Å²) in [6.07, 6.45) is 0. The molecular weight excluding hydrogens is 206 g/mol. The predicted molar refractivity (Wildman–Crippen MR) is 72.1 cm³/mol. The van der Waals surface area contributed by atoms with Crippen molar-refractivity contribution in [1.82, 2.24) is 0 Å². The van der Waals surface area contributed by atoms with Crippen LogP contribution in [0.4, 0.5) is 0 Å². The maximum absolute atomic E-state index is 9.01. The molecule has 0 saturated carbocycles. The normalized spacial score (nSPS) is 11.5. The summed E-state index contributed by atoms with van der Waals surface area (Å²) in [5, 5.41) is 11.4. The van der Waals surface area contributed by atoms with Gasteiger partial charge in [-0.3, -0.25) is 0 Å². The van der Waals surface area contributed by atoms with Gasteiger partial charge in [0, 0.05) is 0 Å². The molecule has 0 aliphatic carbocycles. The van der Waals surface area contributed by atoms with Crippen molar-refractivity contribution in [3.63, 3.8) is 0 Å².